The Hall–Kier alpha value is -0.590. The van der Waals surface area contributed by atoms with Gasteiger partial charge in [0.25, 0.3) is 0 Å². The van der Waals surface area contributed by atoms with Crippen LogP contribution in [0.3, 0.4) is 0 Å². The average molecular weight is 167 g/mol. The first-order valence-electron chi connectivity index (χ1n) is 4.87. The molecule has 70 valence electrons. The van der Waals surface area contributed by atoms with E-state index < -0.39 is 0 Å². The van der Waals surface area contributed by atoms with Crippen LogP contribution >= 0.6 is 0 Å². The van der Waals surface area contributed by atoms with E-state index in [0.29, 0.717) is 11.8 Å². The van der Waals surface area contributed by atoms with Gasteiger partial charge < -0.3 is 5.41 Å². The number of allylic oxidation sites excluding steroid dienone is 2. The van der Waals surface area contributed by atoms with E-state index in [-0.39, 0.29) is 0 Å². The second-order valence-electron chi connectivity index (χ2n) is 3.55. The summed E-state index contributed by atoms with van der Waals surface area (Å²) < 4.78 is 0. The molecule has 0 fully saturated rings. The molecule has 1 atom stereocenters. The molecule has 0 aliphatic heterocycles. The fourth-order valence-electron chi connectivity index (χ4n) is 1.19. The smallest absolute Gasteiger partial charge is 0.0308 e. The van der Waals surface area contributed by atoms with E-state index in [1.165, 1.54) is 6.42 Å². The number of hydrogen-bond donors (Lipinski definition) is 1. The van der Waals surface area contributed by atoms with E-state index in [9.17, 15) is 0 Å². The maximum absolute atomic E-state index is 7.46. The predicted molar refractivity (Wildman–Crippen MR) is 55.8 cm³/mol. The molecule has 0 aromatic rings. The molecule has 0 aromatic carbocycles. The van der Waals surface area contributed by atoms with E-state index in [0.717, 1.165) is 12.1 Å². The zero-order valence-electron chi connectivity index (χ0n) is 8.72. The third-order valence-corrected chi connectivity index (χ3v) is 2.25. The zero-order chi connectivity index (χ0) is 9.56. The van der Waals surface area contributed by atoms with Crippen molar-refractivity contribution >= 4 is 5.71 Å². The Kier molecular flexibility index (Phi) is 5.69. The molecule has 0 saturated carbocycles. The Balaban J connectivity index is 4.01. The van der Waals surface area contributed by atoms with Crippen molar-refractivity contribution < 1.29 is 0 Å². The summed E-state index contributed by atoms with van der Waals surface area (Å²) >= 11 is 0. The Morgan fingerprint density at radius 3 is 2.25 bits per heavy atom. The van der Waals surface area contributed by atoms with Crippen molar-refractivity contribution in [1.29, 1.82) is 5.41 Å². The first-order valence-corrected chi connectivity index (χ1v) is 4.87. The highest BCUT2D eigenvalue weighted by Crippen LogP contribution is 2.15. The monoisotopic (exact) mass is 167 g/mol. The van der Waals surface area contributed by atoms with Crippen LogP contribution < -0.4 is 0 Å². The minimum Gasteiger partial charge on any atom is -0.305 e. The number of rotatable bonds is 5. The normalized spacial score (nSPS) is 14.1. The molecular weight excluding hydrogens is 146 g/mol. The Bertz CT molecular complexity index is 156. The van der Waals surface area contributed by atoms with Crippen molar-refractivity contribution in [2.75, 3.05) is 0 Å². The third kappa shape index (κ3) is 4.32. The summed E-state index contributed by atoms with van der Waals surface area (Å²) in [5, 5.41) is 7.46. The Morgan fingerprint density at radius 2 is 1.92 bits per heavy atom. The molecule has 0 saturated heterocycles. The van der Waals surface area contributed by atoms with E-state index >= 15 is 0 Å². The van der Waals surface area contributed by atoms with Crippen LogP contribution in [0.2, 0.25) is 0 Å². The third-order valence-electron chi connectivity index (χ3n) is 2.25. The summed E-state index contributed by atoms with van der Waals surface area (Å²) in [6.45, 7) is 8.68. The zero-order valence-corrected chi connectivity index (χ0v) is 8.72. The van der Waals surface area contributed by atoms with Crippen LogP contribution in [0.5, 0.6) is 0 Å². The summed E-state index contributed by atoms with van der Waals surface area (Å²) in [6, 6.07) is 0. The summed E-state index contributed by atoms with van der Waals surface area (Å²) in [5.74, 6) is 1.33. The van der Waals surface area contributed by atoms with Crippen LogP contribution in [0, 0.1) is 17.2 Å². The maximum Gasteiger partial charge on any atom is 0.0308 e. The first kappa shape index (κ1) is 11.4. The Labute approximate surface area is 76.4 Å². The molecule has 0 aliphatic carbocycles. The molecular formula is C11H21N. The maximum atomic E-state index is 7.46. The molecule has 1 N–H and O–H groups in total. The van der Waals surface area contributed by atoms with Crippen molar-refractivity contribution in [1.82, 2.24) is 0 Å². The predicted octanol–water partition coefficient (Wildman–Crippen LogP) is 3.65. The molecule has 0 amide bonds. The first-order chi connectivity index (χ1) is 5.61. The summed E-state index contributed by atoms with van der Waals surface area (Å²) in [4.78, 5) is 0. The van der Waals surface area contributed by atoms with Gasteiger partial charge in [-0.15, -0.1) is 0 Å². The topological polar surface area (TPSA) is 23.9 Å². The summed E-state index contributed by atoms with van der Waals surface area (Å²) in [5.41, 5.74) is 0.731. The van der Waals surface area contributed by atoms with Gasteiger partial charge in [-0.1, -0.05) is 33.8 Å². The van der Waals surface area contributed by atoms with Gasteiger partial charge in [0, 0.05) is 5.71 Å². The molecule has 0 bridgehead atoms. The van der Waals surface area contributed by atoms with Gasteiger partial charge in [-0.3, -0.25) is 0 Å². The summed E-state index contributed by atoms with van der Waals surface area (Å²) in [6.07, 6.45) is 6.14. The standard InChI is InChI=1S/C11H21N/c1-5-10(9(3)4)7-8-11(12)6-2/h7-10,12H,5-6H2,1-4H3/b8-7-,12-11?. The van der Waals surface area contributed by atoms with E-state index in [1.807, 2.05) is 13.0 Å². The van der Waals surface area contributed by atoms with Gasteiger partial charge in [0.15, 0.2) is 0 Å². The molecule has 1 heteroatoms. The minimum absolute atomic E-state index is 0.636. The van der Waals surface area contributed by atoms with Crippen molar-refractivity contribution in [3.8, 4) is 0 Å². The van der Waals surface area contributed by atoms with Crippen LogP contribution in [-0.4, -0.2) is 5.71 Å². The fourth-order valence-corrected chi connectivity index (χ4v) is 1.19. The molecule has 1 unspecified atom stereocenters. The van der Waals surface area contributed by atoms with E-state index in [1.54, 1.807) is 0 Å². The second kappa shape index (κ2) is 5.99. The van der Waals surface area contributed by atoms with Crippen LogP contribution in [0.25, 0.3) is 0 Å². The lowest BCUT2D eigenvalue weighted by atomic mass is 9.92. The fraction of sp³-hybridized carbons (Fsp3) is 0.727. The Morgan fingerprint density at radius 1 is 1.33 bits per heavy atom. The van der Waals surface area contributed by atoms with E-state index in [4.69, 9.17) is 5.41 Å². The lowest BCUT2D eigenvalue weighted by molar-refractivity contribution is 0.453. The van der Waals surface area contributed by atoms with Crippen LogP contribution in [0.4, 0.5) is 0 Å². The highest BCUT2D eigenvalue weighted by atomic mass is 14.4. The van der Waals surface area contributed by atoms with Gasteiger partial charge in [-0.05, 0) is 30.8 Å². The molecule has 0 heterocycles. The second-order valence-corrected chi connectivity index (χ2v) is 3.55. The van der Waals surface area contributed by atoms with Gasteiger partial charge >= 0.3 is 0 Å². The molecule has 12 heavy (non-hydrogen) atoms. The molecule has 0 radical (unpaired) electrons. The van der Waals surface area contributed by atoms with Crippen molar-refractivity contribution in [3.05, 3.63) is 12.2 Å². The summed E-state index contributed by atoms with van der Waals surface area (Å²) in [7, 11) is 0. The van der Waals surface area contributed by atoms with Crippen molar-refractivity contribution in [2.24, 2.45) is 11.8 Å². The van der Waals surface area contributed by atoms with E-state index in [2.05, 4.69) is 26.8 Å². The molecule has 0 aromatic heterocycles. The molecule has 0 rings (SSSR count). The lowest BCUT2D eigenvalue weighted by Crippen LogP contribution is -2.04. The van der Waals surface area contributed by atoms with Crippen molar-refractivity contribution in [2.45, 2.75) is 40.5 Å². The molecule has 0 spiro atoms. The van der Waals surface area contributed by atoms with Crippen LogP contribution in [-0.2, 0) is 0 Å². The minimum atomic E-state index is 0.636. The largest absolute Gasteiger partial charge is 0.305 e. The highest BCUT2D eigenvalue weighted by molar-refractivity contribution is 5.91. The SMILES string of the molecule is CCC(=N)/C=C\C(CC)C(C)C. The number of hydrogen-bond acceptors (Lipinski definition) is 1. The van der Waals surface area contributed by atoms with Crippen LogP contribution in [0.1, 0.15) is 40.5 Å². The van der Waals surface area contributed by atoms with Gasteiger partial charge in [0.2, 0.25) is 0 Å². The van der Waals surface area contributed by atoms with Crippen molar-refractivity contribution in [3.63, 3.8) is 0 Å². The quantitative estimate of drug-likeness (QED) is 0.604. The van der Waals surface area contributed by atoms with Gasteiger partial charge in [-0.2, -0.15) is 0 Å². The molecule has 0 aliphatic rings. The average Bonchev–Trinajstić information content (AvgIpc) is 2.04. The molecule has 1 nitrogen and oxygen atoms in total. The van der Waals surface area contributed by atoms with Gasteiger partial charge in [-0.25, -0.2) is 0 Å². The number of nitrogens with one attached hydrogen (secondary N) is 1. The van der Waals surface area contributed by atoms with Crippen LogP contribution in [0.15, 0.2) is 12.2 Å². The van der Waals surface area contributed by atoms with Gasteiger partial charge in [0.1, 0.15) is 0 Å². The lowest BCUT2D eigenvalue weighted by Gasteiger charge is -2.13. The van der Waals surface area contributed by atoms with Gasteiger partial charge in [0.05, 0.1) is 0 Å². The highest BCUT2D eigenvalue weighted by Gasteiger charge is 2.05.